The highest BCUT2D eigenvalue weighted by Crippen LogP contribution is 2.28. The molecule has 2 atom stereocenters. The molecular weight excluding hydrogens is 473 g/mol. The fourth-order valence-corrected chi connectivity index (χ4v) is 4.89. The number of nitrogens with zero attached hydrogens (tertiary/aromatic N) is 3. The van der Waals surface area contributed by atoms with Crippen LogP contribution in [0.1, 0.15) is 16.7 Å². The lowest BCUT2D eigenvalue weighted by Crippen LogP contribution is -2.65. The molecule has 0 bridgehead atoms. The predicted molar refractivity (Wildman–Crippen MR) is 135 cm³/mol. The lowest BCUT2D eigenvalue weighted by Gasteiger charge is -2.44. The van der Waals surface area contributed by atoms with Crippen molar-refractivity contribution in [3.05, 3.63) is 107 Å². The van der Waals surface area contributed by atoms with Gasteiger partial charge in [-0.15, -0.1) is 0 Å². The molecule has 8 nitrogen and oxygen atoms in total. The summed E-state index contributed by atoms with van der Waals surface area (Å²) in [6.07, 6.45) is -0.253. The number of piperazine rings is 1. The monoisotopic (exact) mass is 501 g/mol. The summed E-state index contributed by atoms with van der Waals surface area (Å²) in [6, 6.07) is 24.1. The molecule has 0 aromatic heterocycles. The lowest BCUT2D eigenvalue weighted by atomic mass is 10.00. The zero-order chi connectivity index (χ0) is 25.8. The van der Waals surface area contributed by atoms with E-state index in [1.54, 1.807) is 33.0 Å². The van der Waals surface area contributed by atoms with Gasteiger partial charge in [0.05, 0.1) is 13.1 Å². The van der Waals surface area contributed by atoms with E-state index in [1.165, 1.54) is 6.07 Å². The largest absolute Gasteiger partial charge is 0.333 e. The van der Waals surface area contributed by atoms with Crippen LogP contribution in [0.5, 0.6) is 0 Å². The average Bonchev–Trinajstić information content (AvgIpc) is 3.21. The average molecular weight is 502 g/mol. The molecular formula is C28H28FN5O3. The van der Waals surface area contributed by atoms with Crippen molar-refractivity contribution < 1.29 is 18.8 Å². The number of carbonyl (C=O) groups excluding carboxylic acids is 3. The molecule has 2 saturated heterocycles. The van der Waals surface area contributed by atoms with E-state index in [9.17, 15) is 18.8 Å². The second-order valence-electron chi connectivity index (χ2n) is 9.21. The van der Waals surface area contributed by atoms with E-state index in [2.05, 4.69) is 10.7 Å². The maximum Gasteiger partial charge on any atom is 0.329 e. The van der Waals surface area contributed by atoms with Gasteiger partial charge in [-0.1, -0.05) is 78.9 Å². The van der Waals surface area contributed by atoms with Crippen LogP contribution < -0.4 is 10.7 Å². The molecule has 0 spiro atoms. The van der Waals surface area contributed by atoms with Gasteiger partial charge in [0.1, 0.15) is 18.0 Å². The summed E-state index contributed by atoms with van der Waals surface area (Å²) in [7, 11) is 0. The van der Waals surface area contributed by atoms with Crippen molar-refractivity contribution in [2.75, 3.05) is 13.1 Å². The van der Waals surface area contributed by atoms with E-state index in [4.69, 9.17) is 0 Å². The normalized spacial score (nSPS) is 19.6. The Labute approximate surface area is 214 Å². The van der Waals surface area contributed by atoms with Crippen LogP contribution in [0.2, 0.25) is 0 Å². The molecule has 3 aromatic carbocycles. The van der Waals surface area contributed by atoms with Crippen LogP contribution in [0.15, 0.2) is 84.9 Å². The Kier molecular flexibility index (Phi) is 7.14. The van der Waals surface area contributed by atoms with Crippen LogP contribution >= 0.6 is 0 Å². The Hall–Kier alpha value is -4.24. The van der Waals surface area contributed by atoms with Gasteiger partial charge in [-0.2, -0.15) is 5.01 Å². The van der Waals surface area contributed by atoms with E-state index in [0.717, 1.165) is 11.1 Å². The summed E-state index contributed by atoms with van der Waals surface area (Å²) in [5, 5.41) is 4.36. The Morgan fingerprint density at radius 3 is 2.24 bits per heavy atom. The standard InChI is InChI=1S/C28H28FN5O3/c29-23-14-8-7-13-22(23)17-32-18-25-33(31-28(37)30-16-21-11-5-2-6-12-21)19-26(35)34(25)24(27(32)36)15-20-9-3-1-4-10-20/h1-14,24-25H,15-19H2,(H2,30,31,37)/t24-,25+/m0/s1. The van der Waals surface area contributed by atoms with Gasteiger partial charge in [0.2, 0.25) is 11.8 Å². The number of urea groups is 1. The minimum atomic E-state index is -0.764. The maximum atomic E-state index is 14.4. The van der Waals surface area contributed by atoms with Crippen molar-refractivity contribution in [3.63, 3.8) is 0 Å². The molecule has 0 radical (unpaired) electrons. The maximum absolute atomic E-state index is 14.4. The third-order valence-electron chi connectivity index (χ3n) is 6.72. The first-order valence-corrected chi connectivity index (χ1v) is 12.2. The molecule has 5 rings (SSSR count). The van der Waals surface area contributed by atoms with E-state index < -0.39 is 24.1 Å². The van der Waals surface area contributed by atoms with Crippen molar-refractivity contribution in [3.8, 4) is 0 Å². The van der Waals surface area contributed by atoms with Crippen LogP contribution in [0.4, 0.5) is 9.18 Å². The molecule has 9 heteroatoms. The van der Waals surface area contributed by atoms with Crippen molar-refractivity contribution in [1.82, 2.24) is 25.6 Å². The Bertz CT molecular complexity index is 1270. The summed E-state index contributed by atoms with van der Waals surface area (Å²) in [5.41, 5.74) is 5.03. The van der Waals surface area contributed by atoms with Gasteiger partial charge in [0.15, 0.2) is 0 Å². The van der Waals surface area contributed by atoms with Crippen LogP contribution in [0.3, 0.4) is 0 Å². The molecule has 3 aromatic rings. The number of fused-ring (bicyclic) bond motifs is 1. The molecule has 2 aliphatic rings. The highest BCUT2D eigenvalue weighted by atomic mass is 19.1. The third kappa shape index (κ3) is 5.46. The van der Waals surface area contributed by atoms with Gasteiger partial charge in [-0.05, 0) is 17.2 Å². The van der Waals surface area contributed by atoms with Crippen molar-refractivity contribution >= 4 is 17.8 Å². The summed E-state index contributed by atoms with van der Waals surface area (Å²) >= 11 is 0. The predicted octanol–water partition coefficient (Wildman–Crippen LogP) is 2.66. The van der Waals surface area contributed by atoms with Crippen LogP contribution in [-0.2, 0) is 29.1 Å². The highest BCUT2D eigenvalue weighted by molar-refractivity contribution is 5.91. The van der Waals surface area contributed by atoms with Crippen molar-refractivity contribution in [2.24, 2.45) is 0 Å². The molecule has 2 aliphatic heterocycles. The minimum Gasteiger partial charge on any atom is -0.333 e. The summed E-state index contributed by atoms with van der Waals surface area (Å²) in [4.78, 5) is 42.6. The van der Waals surface area contributed by atoms with Gasteiger partial charge in [-0.3, -0.25) is 15.0 Å². The second kappa shape index (κ2) is 10.8. The van der Waals surface area contributed by atoms with Gasteiger partial charge in [0, 0.05) is 25.1 Å². The molecule has 2 fully saturated rings. The summed E-state index contributed by atoms with van der Waals surface area (Å²) in [5.74, 6) is -0.879. The van der Waals surface area contributed by atoms with E-state index >= 15 is 0 Å². The van der Waals surface area contributed by atoms with E-state index in [1.807, 2.05) is 60.7 Å². The molecule has 2 N–H and O–H groups in total. The Balaban J connectivity index is 1.36. The Morgan fingerprint density at radius 1 is 0.892 bits per heavy atom. The summed E-state index contributed by atoms with van der Waals surface area (Å²) < 4.78 is 14.4. The molecule has 0 aliphatic carbocycles. The first kappa shape index (κ1) is 24.5. The number of halogens is 1. The molecule has 4 amide bonds. The second-order valence-corrected chi connectivity index (χ2v) is 9.21. The molecule has 0 unspecified atom stereocenters. The molecule has 2 heterocycles. The van der Waals surface area contributed by atoms with Crippen molar-refractivity contribution in [1.29, 1.82) is 0 Å². The lowest BCUT2D eigenvalue weighted by molar-refractivity contribution is -0.154. The van der Waals surface area contributed by atoms with Gasteiger partial charge < -0.3 is 15.1 Å². The van der Waals surface area contributed by atoms with Gasteiger partial charge in [0.25, 0.3) is 0 Å². The quantitative estimate of drug-likeness (QED) is 0.522. The number of amides is 4. The van der Waals surface area contributed by atoms with Gasteiger partial charge in [-0.25, -0.2) is 9.18 Å². The molecule has 190 valence electrons. The first-order chi connectivity index (χ1) is 18.0. The fraction of sp³-hybridized carbons (Fsp3) is 0.250. The topological polar surface area (TPSA) is 85.0 Å². The Morgan fingerprint density at radius 2 is 1.54 bits per heavy atom. The summed E-state index contributed by atoms with van der Waals surface area (Å²) in [6.45, 7) is 0.486. The number of carbonyl (C=O) groups is 3. The van der Waals surface area contributed by atoms with Crippen LogP contribution in [0, 0.1) is 5.82 Å². The zero-order valence-electron chi connectivity index (χ0n) is 20.2. The van der Waals surface area contributed by atoms with Gasteiger partial charge >= 0.3 is 6.03 Å². The molecule has 37 heavy (non-hydrogen) atoms. The number of hydrazine groups is 1. The SMILES string of the molecule is O=C(NCc1ccccc1)NN1CC(=O)N2[C@@H]1CN(Cc1ccccc1F)C(=O)[C@@H]2Cc1ccccc1. The number of rotatable bonds is 7. The minimum absolute atomic E-state index is 0.0600. The number of nitrogens with one attached hydrogen (secondary N) is 2. The number of benzene rings is 3. The highest BCUT2D eigenvalue weighted by Gasteiger charge is 2.50. The van der Waals surface area contributed by atoms with E-state index in [-0.39, 0.29) is 31.4 Å². The van der Waals surface area contributed by atoms with Crippen LogP contribution in [-0.4, -0.2) is 58.0 Å². The van der Waals surface area contributed by atoms with Crippen molar-refractivity contribution in [2.45, 2.75) is 31.7 Å². The molecule has 0 saturated carbocycles. The zero-order valence-corrected chi connectivity index (χ0v) is 20.2. The third-order valence-corrected chi connectivity index (χ3v) is 6.72. The smallest absolute Gasteiger partial charge is 0.329 e. The first-order valence-electron chi connectivity index (χ1n) is 12.2. The number of hydrogen-bond acceptors (Lipinski definition) is 4. The number of hydrogen-bond donors (Lipinski definition) is 2. The van der Waals surface area contributed by atoms with Crippen LogP contribution in [0.25, 0.3) is 0 Å². The fourth-order valence-electron chi connectivity index (χ4n) is 4.89. The van der Waals surface area contributed by atoms with E-state index in [0.29, 0.717) is 18.5 Å².